The minimum absolute atomic E-state index is 0.182. The number of rotatable bonds is 5. The van der Waals surface area contributed by atoms with Gasteiger partial charge in [0.25, 0.3) is 0 Å². The first kappa shape index (κ1) is 13.9. The van der Waals surface area contributed by atoms with Crippen molar-refractivity contribution in [2.75, 3.05) is 11.1 Å². The van der Waals surface area contributed by atoms with E-state index in [9.17, 15) is 4.39 Å². The number of halogens is 1. The predicted octanol–water partition coefficient (Wildman–Crippen LogP) is 4.86. The van der Waals surface area contributed by atoms with E-state index in [-0.39, 0.29) is 5.82 Å². The van der Waals surface area contributed by atoms with Crippen LogP contribution in [-0.2, 0) is 6.54 Å². The number of anilines is 1. The van der Waals surface area contributed by atoms with Gasteiger partial charge >= 0.3 is 0 Å². The quantitative estimate of drug-likeness (QED) is 0.782. The Bertz CT molecular complexity index is 554. The first-order valence-electron chi connectivity index (χ1n) is 6.41. The van der Waals surface area contributed by atoms with Crippen LogP contribution in [0.4, 0.5) is 10.1 Å². The molecule has 0 amide bonds. The zero-order valence-electron chi connectivity index (χ0n) is 11.2. The van der Waals surface area contributed by atoms with Crippen LogP contribution in [0.1, 0.15) is 18.1 Å². The summed E-state index contributed by atoms with van der Waals surface area (Å²) in [6, 6.07) is 13.1. The minimum Gasteiger partial charge on any atom is -0.380 e. The Balaban J connectivity index is 2.12. The maximum Gasteiger partial charge on any atom is 0.123 e. The van der Waals surface area contributed by atoms with Crippen LogP contribution in [-0.4, -0.2) is 5.75 Å². The molecule has 1 N–H and O–H groups in total. The highest BCUT2D eigenvalue weighted by atomic mass is 32.2. The zero-order chi connectivity index (χ0) is 13.7. The molecule has 3 heteroatoms. The summed E-state index contributed by atoms with van der Waals surface area (Å²) in [4.78, 5) is 1.24. The van der Waals surface area contributed by atoms with Crippen LogP contribution in [0.5, 0.6) is 0 Å². The second-order valence-corrected chi connectivity index (χ2v) is 5.66. The van der Waals surface area contributed by atoms with Crippen molar-refractivity contribution < 1.29 is 4.39 Å². The van der Waals surface area contributed by atoms with Gasteiger partial charge < -0.3 is 5.32 Å². The smallest absolute Gasteiger partial charge is 0.123 e. The van der Waals surface area contributed by atoms with Gasteiger partial charge in [0.1, 0.15) is 5.82 Å². The molecular weight excluding hydrogens is 257 g/mol. The maximum atomic E-state index is 13.2. The maximum absolute atomic E-state index is 13.2. The summed E-state index contributed by atoms with van der Waals surface area (Å²) in [7, 11) is 0. The van der Waals surface area contributed by atoms with Gasteiger partial charge in [0.2, 0.25) is 0 Å². The van der Waals surface area contributed by atoms with E-state index < -0.39 is 0 Å². The van der Waals surface area contributed by atoms with Gasteiger partial charge in [0.15, 0.2) is 0 Å². The molecule has 0 radical (unpaired) electrons. The molecule has 2 aromatic carbocycles. The molecule has 1 nitrogen and oxygen atoms in total. The number of hydrogen-bond acceptors (Lipinski definition) is 2. The monoisotopic (exact) mass is 275 g/mol. The molecule has 0 heterocycles. The summed E-state index contributed by atoms with van der Waals surface area (Å²) in [5, 5.41) is 3.39. The third-order valence-corrected chi connectivity index (χ3v) is 3.92. The van der Waals surface area contributed by atoms with Crippen LogP contribution in [0.2, 0.25) is 0 Å². The van der Waals surface area contributed by atoms with E-state index in [1.807, 2.05) is 36.9 Å². The topological polar surface area (TPSA) is 12.0 Å². The lowest BCUT2D eigenvalue weighted by atomic mass is 10.1. The highest BCUT2D eigenvalue weighted by Gasteiger charge is 2.03. The van der Waals surface area contributed by atoms with Crippen molar-refractivity contribution in [3.8, 4) is 0 Å². The van der Waals surface area contributed by atoms with Crippen LogP contribution >= 0.6 is 11.8 Å². The molecule has 0 bridgehead atoms. The van der Waals surface area contributed by atoms with E-state index in [1.165, 1.54) is 11.0 Å². The number of hydrogen-bond donors (Lipinski definition) is 1. The first-order valence-corrected chi connectivity index (χ1v) is 7.40. The lowest BCUT2D eigenvalue weighted by Crippen LogP contribution is -2.02. The van der Waals surface area contributed by atoms with E-state index in [2.05, 4.69) is 24.4 Å². The average molecular weight is 275 g/mol. The van der Waals surface area contributed by atoms with Gasteiger partial charge in [-0.1, -0.05) is 25.1 Å². The van der Waals surface area contributed by atoms with E-state index in [0.717, 1.165) is 22.6 Å². The second kappa shape index (κ2) is 6.62. The molecule has 0 fully saturated rings. The number of benzene rings is 2. The van der Waals surface area contributed by atoms with E-state index in [0.29, 0.717) is 6.54 Å². The molecule has 0 saturated carbocycles. The Morgan fingerprint density at radius 3 is 2.74 bits per heavy atom. The summed E-state index contributed by atoms with van der Waals surface area (Å²) in [5.41, 5.74) is 3.21. The summed E-state index contributed by atoms with van der Waals surface area (Å²) in [6.45, 7) is 4.78. The molecule has 19 heavy (non-hydrogen) atoms. The van der Waals surface area contributed by atoms with Gasteiger partial charge in [-0.3, -0.25) is 0 Å². The Labute approximate surface area is 118 Å². The largest absolute Gasteiger partial charge is 0.380 e. The highest BCUT2D eigenvalue weighted by molar-refractivity contribution is 7.99. The summed E-state index contributed by atoms with van der Waals surface area (Å²) in [5.74, 6) is 0.858. The number of thioether (sulfide) groups is 1. The van der Waals surface area contributed by atoms with Gasteiger partial charge in [-0.15, -0.1) is 11.8 Å². The molecule has 0 saturated heterocycles. The van der Waals surface area contributed by atoms with Crippen LogP contribution in [0.25, 0.3) is 0 Å². The van der Waals surface area contributed by atoms with E-state index in [1.54, 1.807) is 6.07 Å². The predicted molar refractivity (Wildman–Crippen MR) is 81.3 cm³/mol. The fraction of sp³-hybridized carbons (Fsp3) is 0.250. The molecule has 0 aromatic heterocycles. The number of para-hydroxylation sites is 1. The van der Waals surface area contributed by atoms with Crippen molar-refractivity contribution in [3.63, 3.8) is 0 Å². The minimum atomic E-state index is -0.182. The molecule has 0 unspecified atom stereocenters. The molecule has 0 atom stereocenters. The van der Waals surface area contributed by atoms with Crippen molar-refractivity contribution in [3.05, 3.63) is 59.4 Å². The summed E-state index contributed by atoms with van der Waals surface area (Å²) >= 11 is 1.81. The van der Waals surface area contributed by atoms with Crippen molar-refractivity contribution in [1.29, 1.82) is 0 Å². The van der Waals surface area contributed by atoms with Crippen molar-refractivity contribution in [2.45, 2.75) is 25.3 Å². The second-order valence-electron chi connectivity index (χ2n) is 4.35. The van der Waals surface area contributed by atoms with Gasteiger partial charge in [-0.25, -0.2) is 4.39 Å². The van der Waals surface area contributed by atoms with Crippen molar-refractivity contribution in [1.82, 2.24) is 0 Å². The zero-order valence-corrected chi connectivity index (χ0v) is 12.1. The Morgan fingerprint density at radius 2 is 1.95 bits per heavy atom. The van der Waals surface area contributed by atoms with E-state index in [4.69, 9.17) is 0 Å². The fourth-order valence-electron chi connectivity index (χ4n) is 1.91. The molecule has 100 valence electrons. The SMILES string of the molecule is CCSc1ccccc1NCc1cc(F)ccc1C. The van der Waals surface area contributed by atoms with Crippen molar-refractivity contribution >= 4 is 17.4 Å². The summed E-state index contributed by atoms with van der Waals surface area (Å²) in [6.07, 6.45) is 0. The van der Waals surface area contributed by atoms with Gasteiger partial charge in [-0.05, 0) is 48.1 Å². The normalized spacial score (nSPS) is 10.5. The molecule has 2 aromatic rings. The third-order valence-electron chi connectivity index (χ3n) is 2.97. The van der Waals surface area contributed by atoms with Crippen LogP contribution in [0.15, 0.2) is 47.4 Å². The lowest BCUT2D eigenvalue weighted by Gasteiger charge is -2.12. The Hall–Kier alpha value is -1.48. The summed E-state index contributed by atoms with van der Waals surface area (Å²) < 4.78 is 13.2. The Morgan fingerprint density at radius 1 is 1.16 bits per heavy atom. The molecular formula is C16H18FNS. The standard InChI is InChI=1S/C16H18FNS/c1-3-19-16-7-5-4-6-15(16)18-11-13-10-14(17)9-8-12(13)2/h4-10,18H,3,11H2,1-2H3. The van der Waals surface area contributed by atoms with Crippen LogP contribution in [0, 0.1) is 12.7 Å². The van der Waals surface area contributed by atoms with Crippen LogP contribution in [0.3, 0.4) is 0 Å². The van der Waals surface area contributed by atoms with Crippen LogP contribution < -0.4 is 5.32 Å². The number of nitrogens with one attached hydrogen (secondary N) is 1. The first-order chi connectivity index (χ1) is 9.20. The van der Waals surface area contributed by atoms with E-state index >= 15 is 0 Å². The molecule has 2 rings (SSSR count). The molecule has 0 aliphatic rings. The Kier molecular flexibility index (Phi) is 4.86. The number of aryl methyl sites for hydroxylation is 1. The lowest BCUT2D eigenvalue weighted by molar-refractivity contribution is 0.625. The molecule has 0 aliphatic carbocycles. The van der Waals surface area contributed by atoms with Gasteiger partial charge in [-0.2, -0.15) is 0 Å². The fourth-order valence-corrected chi connectivity index (χ4v) is 2.70. The van der Waals surface area contributed by atoms with Gasteiger partial charge in [0.05, 0.1) is 0 Å². The molecule has 0 spiro atoms. The average Bonchev–Trinajstić information content (AvgIpc) is 2.42. The van der Waals surface area contributed by atoms with Gasteiger partial charge in [0, 0.05) is 17.1 Å². The molecule has 0 aliphatic heterocycles. The van der Waals surface area contributed by atoms with Crippen molar-refractivity contribution in [2.24, 2.45) is 0 Å². The third kappa shape index (κ3) is 3.74. The highest BCUT2D eigenvalue weighted by Crippen LogP contribution is 2.27.